The summed E-state index contributed by atoms with van der Waals surface area (Å²) in [5.41, 5.74) is 0. The van der Waals surface area contributed by atoms with Crippen LogP contribution in [0.3, 0.4) is 0 Å². The number of morpholine rings is 1. The van der Waals surface area contributed by atoms with Crippen molar-refractivity contribution in [2.45, 2.75) is 6.29 Å². The highest BCUT2D eigenvalue weighted by Gasteiger charge is 2.19. The highest BCUT2D eigenvalue weighted by molar-refractivity contribution is 7.80. The van der Waals surface area contributed by atoms with E-state index in [1.165, 1.54) is 0 Å². The molecule has 1 atom stereocenters. The number of hydrogen-bond donors (Lipinski definition) is 2. The lowest BCUT2D eigenvalue weighted by atomic mass is 10.5. The minimum Gasteiger partial charge on any atom is -0.349 e. The van der Waals surface area contributed by atoms with Crippen LogP contribution in [0.1, 0.15) is 0 Å². The SMILES string of the molecule is O=S(=O)(O)OC1CNCCO1. The number of rotatable bonds is 2. The molecule has 0 saturated carbocycles. The van der Waals surface area contributed by atoms with Crippen molar-refractivity contribution in [1.82, 2.24) is 5.32 Å². The Hall–Kier alpha value is -0.210. The highest BCUT2D eigenvalue weighted by atomic mass is 32.3. The van der Waals surface area contributed by atoms with Gasteiger partial charge in [-0.2, -0.15) is 8.42 Å². The van der Waals surface area contributed by atoms with Crippen molar-refractivity contribution >= 4 is 10.4 Å². The van der Waals surface area contributed by atoms with Crippen LogP contribution < -0.4 is 5.32 Å². The van der Waals surface area contributed by atoms with Gasteiger partial charge >= 0.3 is 10.4 Å². The third kappa shape index (κ3) is 3.63. The molecule has 1 rings (SSSR count). The van der Waals surface area contributed by atoms with Crippen LogP contribution in [-0.2, 0) is 19.3 Å². The second kappa shape index (κ2) is 3.46. The van der Waals surface area contributed by atoms with Gasteiger partial charge < -0.3 is 10.1 Å². The van der Waals surface area contributed by atoms with Crippen molar-refractivity contribution < 1.29 is 21.9 Å². The lowest BCUT2D eigenvalue weighted by Gasteiger charge is -2.21. The fraction of sp³-hybridized carbons (Fsp3) is 1.00. The van der Waals surface area contributed by atoms with E-state index in [1.807, 2.05) is 0 Å². The molecule has 0 bridgehead atoms. The van der Waals surface area contributed by atoms with Crippen molar-refractivity contribution in [3.63, 3.8) is 0 Å². The number of nitrogens with one attached hydrogen (secondary N) is 1. The van der Waals surface area contributed by atoms with Crippen LogP contribution >= 0.6 is 0 Å². The van der Waals surface area contributed by atoms with E-state index in [1.54, 1.807) is 0 Å². The third-order valence-electron chi connectivity index (χ3n) is 1.12. The molecule has 0 spiro atoms. The lowest BCUT2D eigenvalue weighted by molar-refractivity contribution is -0.0955. The van der Waals surface area contributed by atoms with Crippen molar-refractivity contribution in [2.75, 3.05) is 19.7 Å². The molecule has 1 unspecified atom stereocenters. The minimum atomic E-state index is -4.39. The Balaban J connectivity index is 2.36. The molecule has 1 aliphatic rings. The van der Waals surface area contributed by atoms with Crippen LogP contribution in [-0.4, -0.2) is 39.0 Å². The largest absolute Gasteiger partial charge is 0.399 e. The summed E-state index contributed by atoms with van der Waals surface area (Å²) in [4.78, 5) is 0. The third-order valence-corrected chi connectivity index (χ3v) is 1.58. The summed E-state index contributed by atoms with van der Waals surface area (Å²) < 4.78 is 37.4. The van der Waals surface area contributed by atoms with E-state index in [0.717, 1.165) is 0 Å². The summed E-state index contributed by atoms with van der Waals surface area (Å²) >= 11 is 0. The van der Waals surface area contributed by atoms with Gasteiger partial charge in [0.05, 0.1) is 6.61 Å². The molecule has 7 heteroatoms. The first-order valence-corrected chi connectivity index (χ1v) is 4.42. The van der Waals surface area contributed by atoms with Crippen LogP contribution in [0.4, 0.5) is 0 Å². The maximum atomic E-state index is 10.1. The fourth-order valence-corrected chi connectivity index (χ4v) is 1.13. The quantitative estimate of drug-likeness (QED) is 0.520. The van der Waals surface area contributed by atoms with E-state index >= 15 is 0 Å². The second-order valence-corrected chi connectivity index (χ2v) is 3.08. The Morgan fingerprint density at radius 1 is 1.64 bits per heavy atom. The molecule has 66 valence electrons. The van der Waals surface area contributed by atoms with Crippen LogP contribution in [0.2, 0.25) is 0 Å². The van der Waals surface area contributed by atoms with Gasteiger partial charge in [-0.3, -0.25) is 4.55 Å². The van der Waals surface area contributed by atoms with Crippen molar-refractivity contribution in [3.05, 3.63) is 0 Å². The molecule has 1 saturated heterocycles. The molecular formula is C4H9NO5S. The van der Waals surface area contributed by atoms with Gasteiger partial charge in [0.1, 0.15) is 0 Å². The Kier molecular flexibility index (Phi) is 2.79. The molecule has 0 aromatic rings. The van der Waals surface area contributed by atoms with Gasteiger partial charge in [-0.1, -0.05) is 0 Å². The predicted molar refractivity (Wildman–Crippen MR) is 35.2 cm³/mol. The molecule has 0 aromatic heterocycles. The average molecular weight is 183 g/mol. The first-order valence-electron chi connectivity index (χ1n) is 3.06. The molecule has 0 amide bonds. The van der Waals surface area contributed by atoms with Gasteiger partial charge in [0, 0.05) is 13.1 Å². The molecule has 0 aromatic carbocycles. The molecule has 2 N–H and O–H groups in total. The molecular weight excluding hydrogens is 174 g/mol. The smallest absolute Gasteiger partial charge is 0.349 e. The van der Waals surface area contributed by atoms with E-state index < -0.39 is 16.7 Å². The normalized spacial score (nSPS) is 26.8. The molecule has 11 heavy (non-hydrogen) atoms. The molecule has 1 heterocycles. The highest BCUT2D eigenvalue weighted by Crippen LogP contribution is 2.01. The van der Waals surface area contributed by atoms with Crippen LogP contribution in [0.25, 0.3) is 0 Å². The number of hydrogen-bond acceptors (Lipinski definition) is 5. The zero-order chi connectivity index (χ0) is 8.32. The molecule has 6 nitrogen and oxygen atoms in total. The maximum Gasteiger partial charge on any atom is 0.399 e. The summed E-state index contributed by atoms with van der Waals surface area (Å²) in [7, 11) is -4.39. The maximum absolute atomic E-state index is 10.1. The standard InChI is InChI=1S/C4H9NO5S/c6-11(7,8)10-4-3-5-1-2-9-4/h4-5H,1-3H2,(H,6,7,8). The zero-order valence-corrected chi connectivity index (χ0v) is 6.50. The summed E-state index contributed by atoms with van der Waals surface area (Å²) in [6.07, 6.45) is -0.904. The lowest BCUT2D eigenvalue weighted by Crippen LogP contribution is -2.40. The summed E-state index contributed by atoms with van der Waals surface area (Å²) in [5.74, 6) is 0. The molecule has 1 aliphatic heterocycles. The first-order chi connectivity index (χ1) is 5.08. The van der Waals surface area contributed by atoms with Gasteiger partial charge in [0.25, 0.3) is 0 Å². The first kappa shape index (κ1) is 8.88. The van der Waals surface area contributed by atoms with Gasteiger partial charge in [-0.05, 0) is 0 Å². The van der Waals surface area contributed by atoms with E-state index in [9.17, 15) is 8.42 Å². The van der Waals surface area contributed by atoms with Gasteiger partial charge in [0.2, 0.25) is 0 Å². The van der Waals surface area contributed by atoms with Gasteiger partial charge in [-0.15, -0.1) is 0 Å². The Morgan fingerprint density at radius 3 is 2.82 bits per heavy atom. The monoisotopic (exact) mass is 183 g/mol. The Bertz CT molecular complexity index is 207. The Morgan fingerprint density at radius 2 is 2.36 bits per heavy atom. The van der Waals surface area contributed by atoms with Gasteiger partial charge in [0.15, 0.2) is 6.29 Å². The molecule has 1 fully saturated rings. The topological polar surface area (TPSA) is 84.9 Å². The fourth-order valence-electron chi connectivity index (χ4n) is 0.739. The number of ether oxygens (including phenoxy) is 1. The summed E-state index contributed by atoms with van der Waals surface area (Å²) in [5, 5.41) is 2.83. The van der Waals surface area contributed by atoms with E-state index in [2.05, 4.69) is 9.50 Å². The van der Waals surface area contributed by atoms with Crippen LogP contribution in [0.15, 0.2) is 0 Å². The van der Waals surface area contributed by atoms with Gasteiger partial charge in [-0.25, -0.2) is 4.18 Å². The summed E-state index contributed by atoms with van der Waals surface area (Å²) in [6, 6.07) is 0. The van der Waals surface area contributed by atoms with Crippen molar-refractivity contribution in [2.24, 2.45) is 0 Å². The van der Waals surface area contributed by atoms with E-state index in [4.69, 9.17) is 9.29 Å². The molecule has 0 aliphatic carbocycles. The van der Waals surface area contributed by atoms with Crippen molar-refractivity contribution in [3.8, 4) is 0 Å². The predicted octanol–water partition coefficient (Wildman–Crippen LogP) is -1.25. The Labute approximate surface area is 64.4 Å². The average Bonchev–Trinajstić information content (AvgIpc) is 1.85. The van der Waals surface area contributed by atoms with E-state index in [-0.39, 0.29) is 6.54 Å². The summed E-state index contributed by atoms with van der Waals surface area (Å²) in [6.45, 7) is 1.30. The van der Waals surface area contributed by atoms with Crippen molar-refractivity contribution in [1.29, 1.82) is 0 Å². The van der Waals surface area contributed by atoms with E-state index in [0.29, 0.717) is 13.2 Å². The van der Waals surface area contributed by atoms with Crippen LogP contribution in [0.5, 0.6) is 0 Å². The second-order valence-electron chi connectivity index (χ2n) is 2.03. The van der Waals surface area contributed by atoms with Crippen LogP contribution in [0, 0.1) is 0 Å². The molecule has 0 radical (unpaired) electrons. The minimum absolute atomic E-state index is 0.264. The zero-order valence-electron chi connectivity index (χ0n) is 5.69.